The molecule has 2 aliphatic heterocycles. The molecule has 1 fully saturated rings. The topological polar surface area (TPSA) is 38.7 Å². The Bertz CT molecular complexity index is 483. The van der Waals surface area contributed by atoms with Crippen LogP contribution >= 0.6 is 11.6 Å². The van der Waals surface area contributed by atoms with Crippen molar-refractivity contribution in [3.63, 3.8) is 0 Å². The summed E-state index contributed by atoms with van der Waals surface area (Å²) in [6.07, 6.45) is 6.74. The second-order valence-corrected chi connectivity index (χ2v) is 6.51. The third kappa shape index (κ3) is 3.91. The van der Waals surface area contributed by atoms with Gasteiger partial charge in [0.1, 0.15) is 5.75 Å². The highest BCUT2D eigenvalue weighted by Crippen LogP contribution is 2.34. The summed E-state index contributed by atoms with van der Waals surface area (Å²) < 4.78 is 11.4. The van der Waals surface area contributed by atoms with E-state index in [1.807, 2.05) is 12.1 Å². The minimum atomic E-state index is -0.359. The molecule has 3 nitrogen and oxygen atoms in total. The molecule has 0 aliphatic carbocycles. The molecule has 0 saturated carbocycles. The molecular formula is C17H23ClO3. The molecule has 0 bridgehead atoms. The van der Waals surface area contributed by atoms with Gasteiger partial charge in [-0.05, 0) is 55.4 Å². The van der Waals surface area contributed by atoms with Gasteiger partial charge in [0.15, 0.2) is 0 Å². The van der Waals surface area contributed by atoms with Crippen LogP contribution in [0.4, 0.5) is 0 Å². The molecule has 0 amide bonds. The van der Waals surface area contributed by atoms with E-state index in [-0.39, 0.29) is 6.10 Å². The lowest BCUT2D eigenvalue weighted by molar-refractivity contribution is 0.00231. The molecule has 2 atom stereocenters. The van der Waals surface area contributed by atoms with Crippen LogP contribution in [0.25, 0.3) is 0 Å². The maximum absolute atomic E-state index is 10.3. The summed E-state index contributed by atoms with van der Waals surface area (Å²) in [5, 5.41) is 11.0. The number of hydrogen-bond donors (Lipinski definition) is 1. The van der Waals surface area contributed by atoms with Gasteiger partial charge in [-0.3, -0.25) is 0 Å². The number of halogens is 1. The Balaban J connectivity index is 1.56. The summed E-state index contributed by atoms with van der Waals surface area (Å²) >= 11 is 6.15. The molecular weight excluding hydrogens is 288 g/mol. The number of benzene rings is 1. The Morgan fingerprint density at radius 3 is 3.00 bits per heavy atom. The van der Waals surface area contributed by atoms with E-state index in [4.69, 9.17) is 21.1 Å². The summed E-state index contributed by atoms with van der Waals surface area (Å²) in [5.74, 6) is 0.937. The molecule has 2 aliphatic rings. The molecule has 2 heterocycles. The summed E-state index contributed by atoms with van der Waals surface area (Å²) in [6, 6.07) is 3.89. The van der Waals surface area contributed by atoms with Gasteiger partial charge in [0, 0.05) is 24.5 Å². The van der Waals surface area contributed by atoms with Gasteiger partial charge in [-0.25, -0.2) is 0 Å². The van der Waals surface area contributed by atoms with Crippen molar-refractivity contribution in [2.24, 2.45) is 0 Å². The zero-order chi connectivity index (χ0) is 14.7. The minimum absolute atomic E-state index is 0.328. The molecule has 3 rings (SSSR count). The van der Waals surface area contributed by atoms with E-state index in [9.17, 15) is 5.11 Å². The zero-order valence-electron chi connectivity index (χ0n) is 12.3. The van der Waals surface area contributed by atoms with Crippen molar-refractivity contribution in [2.45, 2.75) is 57.2 Å². The highest BCUT2D eigenvalue weighted by Gasteiger charge is 2.21. The van der Waals surface area contributed by atoms with Crippen molar-refractivity contribution in [1.29, 1.82) is 0 Å². The predicted molar refractivity (Wildman–Crippen MR) is 83.2 cm³/mol. The lowest BCUT2D eigenvalue weighted by atomic mass is 9.97. The van der Waals surface area contributed by atoms with Gasteiger partial charge in [0.05, 0.1) is 18.8 Å². The lowest BCUT2D eigenvalue weighted by Gasteiger charge is -2.23. The SMILES string of the molecule is OC(CCC1CCCCO1)Cc1cc(Cl)cc2c1OCC2. The van der Waals surface area contributed by atoms with Gasteiger partial charge in [-0.1, -0.05) is 11.6 Å². The van der Waals surface area contributed by atoms with Crippen molar-refractivity contribution in [3.8, 4) is 5.75 Å². The second-order valence-electron chi connectivity index (χ2n) is 6.08. The molecule has 1 saturated heterocycles. The van der Waals surface area contributed by atoms with Crippen molar-refractivity contribution >= 4 is 11.6 Å². The van der Waals surface area contributed by atoms with Gasteiger partial charge in [-0.15, -0.1) is 0 Å². The molecule has 116 valence electrons. The fraction of sp³-hybridized carbons (Fsp3) is 0.647. The van der Waals surface area contributed by atoms with Gasteiger partial charge in [0.2, 0.25) is 0 Å². The molecule has 0 radical (unpaired) electrons. The van der Waals surface area contributed by atoms with Crippen LogP contribution < -0.4 is 4.74 Å². The van der Waals surface area contributed by atoms with Crippen molar-refractivity contribution in [2.75, 3.05) is 13.2 Å². The van der Waals surface area contributed by atoms with E-state index in [2.05, 4.69) is 0 Å². The maximum atomic E-state index is 10.3. The molecule has 1 aromatic rings. The van der Waals surface area contributed by atoms with Crippen LogP contribution in [0.15, 0.2) is 12.1 Å². The fourth-order valence-electron chi connectivity index (χ4n) is 3.27. The quantitative estimate of drug-likeness (QED) is 0.904. The third-order valence-corrected chi connectivity index (χ3v) is 4.59. The standard InChI is InChI=1S/C17H23ClO3/c18-14-9-12-6-8-21-17(12)13(10-14)11-15(19)4-5-16-3-1-2-7-20-16/h9-10,15-16,19H,1-8,11H2. The van der Waals surface area contributed by atoms with Crippen LogP contribution in [-0.2, 0) is 17.6 Å². The largest absolute Gasteiger partial charge is 0.493 e. The van der Waals surface area contributed by atoms with E-state index in [0.717, 1.165) is 48.6 Å². The third-order valence-electron chi connectivity index (χ3n) is 4.38. The van der Waals surface area contributed by atoms with Gasteiger partial charge < -0.3 is 14.6 Å². The van der Waals surface area contributed by atoms with Crippen LogP contribution in [0.3, 0.4) is 0 Å². The van der Waals surface area contributed by atoms with Crippen LogP contribution in [0.2, 0.25) is 5.02 Å². The normalized spacial score (nSPS) is 22.7. The Hall–Kier alpha value is -0.770. The second kappa shape index (κ2) is 6.99. The molecule has 1 aromatic carbocycles. The lowest BCUT2D eigenvalue weighted by Crippen LogP contribution is -2.21. The van der Waals surface area contributed by atoms with Crippen molar-refractivity contribution < 1.29 is 14.6 Å². The zero-order valence-corrected chi connectivity index (χ0v) is 13.1. The van der Waals surface area contributed by atoms with E-state index >= 15 is 0 Å². The summed E-state index contributed by atoms with van der Waals surface area (Å²) in [7, 11) is 0. The molecule has 1 N–H and O–H groups in total. The average molecular weight is 311 g/mol. The monoisotopic (exact) mass is 310 g/mol. The smallest absolute Gasteiger partial charge is 0.126 e. The van der Waals surface area contributed by atoms with Gasteiger partial charge in [-0.2, -0.15) is 0 Å². The van der Waals surface area contributed by atoms with E-state index in [1.165, 1.54) is 18.4 Å². The van der Waals surface area contributed by atoms with Crippen LogP contribution in [0.5, 0.6) is 5.75 Å². The van der Waals surface area contributed by atoms with Crippen LogP contribution in [0, 0.1) is 0 Å². The fourth-order valence-corrected chi connectivity index (χ4v) is 3.53. The van der Waals surface area contributed by atoms with Crippen LogP contribution in [0.1, 0.15) is 43.2 Å². The van der Waals surface area contributed by atoms with Crippen molar-refractivity contribution in [1.82, 2.24) is 0 Å². The highest BCUT2D eigenvalue weighted by molar-refractivity contribution is 6.30. The summed E-state index contributed by atoms with van der Waals surface area (Å²) in [6.45, 7) is 1.59. The first-order chi connectivity index (χ1) is 10.2. The Morgan fingerprint density at radius 1 is 1.29 bits per heavy atom. The van der Waals surface area contributed by atoms with Crippen LogP contribution in [-0.4, -0.2) is 30.5 Å². The molecule has 21 heavy (non-hydrogen) atoms. The van der Waals surface area contributed by atoms with Gasteiger partial charge in [0.25, 0.3) is 0 Å². The number of aliphatic hydroxyl groups is 1. The minimum Gasteiger partial charge on any atom is -0.493 e. The number of aliphatic hydroxyl groups excluding tert-OH is 1. The number of ether oxygens (including phenoxy) is 2. The number of rotatable bonds is 5. The van der Waals surface area contributed by atoms with Crippen molar-refractivity contribution in [3.05, 3.63) is 28.3 Å². The Labute approximate surface area is 131 Å². The number of hydrogen-bond acceptors (Lipinski definition) is 3. The van der Waals surface area contributed by atoms with E-state index in [1.54, 1.807) is 0 Å². The first-order valence-electron chi connectivity index (χ1n) is 7.96. The van der Waals surface area contributed by atoms with E-state index < -0.39 is 0 Å². The summed E-state index contributed by atoms with van der Waals surface area (Å²) in [4.78, 5) is 0. The first-order valence-corrected chi connectivity index (χ1v) is 8.34. The highest BCUT2D eigenvalue weighted by atomic mass is 35.5. The first kappa shape index (κ1) is 15.1. The average Bonchev–Trinajstić information content (AvgIpc) is 2.94. The Morgan fingerprint density at radius 2 is 2.19 bits per heavy atom. The summed E-state index contributed by atoms with van der Waals surface area (Å²) in [5.41, 5.74) is 2.20. The number of fused-ring (bicyclic) bond motifs is 1. The van der Waals surface area contributed by atoms with E-state index in [0.29, 0.717) is 19.1 Å². The van der Waals surface area contributed by atoms with Gasteiger partial charge >= 0.3 is 0 Å². The maximum Gasteiger partial charge on any atom is 0.126 e. The molecule has 0 aromatic heterocycles. The molecule has 4 heteroatoms. The Kier molecular flexibility index (Phi) is 5.04. The predicted octanol–water partition coefficient (Wildman–Crippen LogP) is 3.53. The molecule has 0 spiro atoms. The molecule has 2 unspecified atom stereocenters.